The highest BCUT2D eigenvalue weighted by Gasteiger charge is 2.08. The van der Waals surface area contributed by atoms with Gasteiger partial charge in [0.2, 0.25) is 0 Å². The van der Waals surface area contributed by atoms with Gasteiger partial charge < -0.3 is 5.11 Å². The zero-order chi connectivity index (χ0) is 13.0. The van der Waals surface area contributed by atoms with Gasteiger partial charge in [0.15, 0.2) is 0 Å². The molecule has 0 heterocycles. The molecule has 0 aliphatic heterocycles. The fraction of sp³-hybridized carbons (Fsp3) is 0.133. The summed E-state index contributed by atoms with van der Waals surface area (Å²) in [7, 11) is 0. The summed E-state index contributed by atoms with van der Waals surface area (Å²) in [4.78, 5) is 0. The normalized spacial score (nSPS) is 11.8. The molecule has 0 saturated carbocycles. The first-order valence-corrected chi connectivity index (χ1v) is 6.69. The van der Waals surface area contributed by atoms with E-state index in [9.17, 15) is 5.11 Å². The first-order valence-electron chi connectivity index (χ1n) is 5.61. The van der Waals surface area contributed by atoms with Crippen molar-refractivity contribution in [2.24, 2.45) is 0 Å². The maximum Gasteiger partial charge on any atom is 0.0991 e. The van der Waals surface area contributed by atoms with Crippen LogP contribution in [0.4, 0.5) is 0 Å². The van der Waals surface area contributed by atoms with Crippen LogP contribution in [0.15, 0.2) is 48.5 Å². The molecule has 0 saturated heterocycles. The molecule has 1 atom stereocenters. The third-order valence-corrected chi connectivity index (χ3v) is 3.49. The Kier molecular flexibility index (Phi) is 4.34. The van der Waals surface area contributed by atoms with Crippen molar-refractivity contribution in [3.8, 4) is 6.07 Å². The van der Waals surface area contributed by atoms with Gasteiger partial charge in [-0.1, -0.05) is 24.3 Å². The summed E-state index contributed by atoms with van der Waals surface area (Å²) in [5, 5.41) is 18.8. The molecule has 0 spiro atoms. The van der Waals surface area contributed by atoms with Gasteiger partial charge in [-0.15, -0.1) is 0 Å². The fourth-order valence-electron chi connectivity index (χ4n) is 1.74. The van der Waals surface area contributed by atoms with Crippen LogP contribution in [0.2, 0.25) is 0 Å². The number of hydrogen-bond donors (Lipinski definition) is 1. The summed E-state index contributed by atoms with van der Waals surface area (Å²) >= 11 is 2.26. The predicted molar refractivity (Wildman–Crippen MR) is 79.0 cm³/mol. The molecule has 0 bridgehead atoms. The van der Waals surface area contributed by atoms with Gasteiger partial charge >= 0.3 is 0 Å². The summed E-state index contributed by atoms with van der Waals surface area (Å²) in [5.41, 5.74) is 2.56. The molecule has 0 fully saturated rings. The van der Waals surface area contributed by atoms with E-state index in [2.05, 4.69) is 28.7 Å². The lowest BCUT2D eigenvalue weighted by atomic mass is 10.0. The van der Waals surface area contributed by atoms with Gasteiger partial charge in [0.1, 0.15) is 0 Å². The lowest BCUT2D eigenvalue weighted by Crippen LogP contribution is -2.01. The number of nitrogens with zero attached hydrogens (tertiary/aromatic N) is 1. The monoisotopic (exact) mass is 349 g/mol. The SMILES string of the molecule is N#Cc1ccc(C(O)Cc2ccc(I)cc2)cc1. The number of benzene rings is 2. The second-order valence-corrected chi connectivity index (χ2v) is 5.33. The van der Waals surface area contributed by atoms with Gasteiger partial charge in [-0.05, 0) is 58.0 Å². The first-order chi connectivity index (χ1) is 8.69. The van der Waals surface area contributed by atoms with E-state index in [4.69, 9.17) is 5.26 Å². The molecule has 0 aliphatic rings. The van der Waals surface area contributed by atoms with E-state index in [1.54, 1.807) is 24.3 Å². The zero-order valence-electron chi connectivity index (χ0n) is 9.68. The Balaban J connectivity index is 2.09. The Morgan fingerprint density at radius 2 is 1.67 bits per heavy atom. The maximum absolute atomic E-state index is 10.1. The Hall–Kier alpha value is -1.38. The van der Waals surface area contributed by atoms with Crippen LogP contribution in [0.25, 0.3) is 0 Å². The van der Waals surface area contributed by atoms with Crippen molar-refractivity contribution in [2.75, 3.05) is 0 Å². The quantitative estimate of drug-likeness (QED) is 0.863. The second kappa shape index (κ2) is 5.98. The minimum atomic E-state index is -0.530. The molecule has 1 unspecified atom stereocenters. The summed E-state index contributed by atoms with van der Waals surface area (Å²) < 4.78 is 1.18. The molecule has 1 N–H and O–H groups in total. The Morgan fingerprint density at radius 1 is 1.06 bits per heavy atom. The van der Waals surface area contributed by atoms with Crippen molar-refractivity contribution in [3.05, 3.63) is 68.8 Å². The number of nitriles is 1. The average Bonchev–Trinajstić information content (AvgIpc) is 2.41. The topological polar surface area (TPSA) is 44.0 Å². The van der Waals surface area contributed by atoms with E-state index in [1.165, 1.54) is 3.57 Å². The number of rotatable bonds is 3. The van der Waals surface area contributed by atoms with E-state index in [0.29, 0.717) is 12.0 Å². The van der Waals surface area contributed by atoms with Crippen molar-refractivity contribution < 1.29 is 5.11 Å². The molecule has 2 aromatic rings. The Morgan fingerprint density at radius 3 is 2.22 bits per heavy atom. The highest BCUT2D eigenvalue weighted by atomic mass is 127. The van der Waals surface area contributed by atoms with Gasteiger partial charge in [-0.3, -0.25) is 0 Å². The van der Waals surface area contributed by atoms with E-state index in [1.807, 2.05) is 24.3 Å². The molecule has 0 radical (unpaired) electrons. The Bertz CT molecular complexity index is 555. The zero-order valence-corrected chi connectivity index (χ0v) is 11.8. The summed E-state index contributed by atoms with van der Waals surface area (Å²) in [6.07, 6.45) is 0.0563. The van der Waals surface area contributed by atoms with Crippen molar-refractivity contribution in [2.45, 2.75) is 12.5 Å². The molecule has 3 heteroatoms. The molecule has 0 aromatic heterocycles. The second-order valence-electron chi connectivity index (χ2n) is 4.08. The third kappa shape index (κ3) is 3.31. The highest BCUT2D eigenvalue weighted by Crippen LogP contribution is 2.19. The van der Waals surface area contributed by atoms with Gasteiger partial charge in [-0.2, -0.15) is 5.26 Å². The highest BCUT2D eigenvalue weighted by molar-refractivity contribution is 14.1. The van der Waals surface area contributed by atoms with Crippen LogP contribution in [0.5, 0.6) is 0 Å². The van der Waals surface area contributed by atoms with E-state index < -0.39 is 6.10 Å². The maximum atomic E-state index is 10.1. The minimum absolute atomic E-state index is 0.530. The molecule has 2 rings (SSSR count). The summed E-state index contributed by atoms with van der Waals surface area (Å²) in [6.45, 7) is 0. The van der Waals surface area contributed by atoms with Crippen molar-refractivity contribution in [3.63, 3.8) is 0 Å². The standard InChI is InChI=1S/C15H12INO/c16-14-7-3-11(4-8-14)9-15(18)13-5-1-12(10-17)2-6-13/h1-8,15,18H,9H2. The van der Waals surface area contributed by atoms with Crippen molar-refractivity contribution in [1.82, 2.24) is 0 Å². The van der Waals surface area contributed by atoms with Crippen LogP contribution in [-0.4, -0.2) is 5.11 Å². The van der Waals surface area contributed by atoms with E-state index in [0.717, 1.165) is 11.1 Å². The molecule has 2 nitrogen and oxygen atoms in total. The van der Waals surface area contributed by atoms with Crippen LogP contribution in [-0.2, 0) is 6.42 Å². The summed E-state index contributed by atoms with van der Waals surface area (Å²) in [6, 6.07) is 17.2. The molecular formula is C15H12INO. The molecule has 90 valence electrons. The van der Waals surface area contributed by atoms with Crippen molar-refractivity contribution >= 4 is 22.6 Å². The number of halogens is 1. The first kappa shape index (κ1) is 13.1. The van der Waals surface area contributed by atoms with Crippen molar-refractivity contribution in [1.29, 1.82) is 5.26 Å². The van der Waals surface area contributed by atoms with Crippen LogP contribution >= 0.6 is 22.6 Å². The molecule has 2 aromatic carbocycles. The molecule has 0 aliphatic carbocycles. The Labute approximate surface area is 120 Å². The van der Waals surface area contributed by atoms with E-state index >= 15 is 0 Å². The average molecular weight is 349 g/mol. The fourth-order valence-corrected chi connectivity index (χ4v) is 2.10. The molecular weight excluding hydrogens is 337 g/mol. The lowest BCUT2D eigenvalue weighted by molar-refractivity contribution is 0.178. The number of aliphatic hydroxyl groups is 1. The van der Waals surface area contributed by atoms with Gasteiger partial charge in [0.05, 0.1) is 17.7 Å². The van der Waals surface area contributed by atoms with Crippen LogP contribution in [0.3, 0.4) is 0 Å². The third-order valence-electron chi connectivity index (χ3n) is 2.77. The largest absolute Gasteiger partial charge is 0.388 e. The number of aliphatic hydroxyl groups excluding tert-OH is 1. The van der Waals surface area contributed by atoms with Crippen LogP contribution in [0, 0.1) is 14.9 Å². The predicted octanol–water partition coefficient (Wildman–Crippen LogP) is 3.44. The lowest BCUT2D eigenvalue weighted by Gasteiger charge is -2.11. The van der Waals surface area contributed by atoms with Gasteiger partial charge in [-0.25, -0.2) is 0 Å². The van der Waals surface area contributed by atoms with Gasteiger partial charge in [0, 0.05) is 9.99 Å². The molecule has 0 amide bonds. The smallest absolute Gasteiger partial charge is 0.0991 e. The van der Waals surface area contributed by atoms with Crippen LogP contribution in [0.1, 0.15) is 22.8 Å². The molecule has 18 heavy (non-hydrogen) atoms. The van der Waals surface area contributed by atoms with Gasteiger partial charge in [0.25, 0.3) is 0 Å². The minimum Gasteiger partial charge on any atom is -0.388 e. The van der Waals surface area contributed by atoms with E-state index in [-0.39, 0.29) is 0 Å². The summed E-state index contributed by atoms with van der Waals surface area (Å²) in [5.74, 6) is 0. The number of hydrogen-bond acceptors (Lipinski definition) is 2. The van der Waals surface area contributed by atoms with Crippen LogP contribution < -0.4 is 0 Å².